The van der Waals surface area contributed by atoms with E-state index in [9.17, 15) is 14.3 Å². The van der Waals surface area contributed by atoms with Crippen LogP contribution in [0.5, 0.6) is 5.75 Å². The van der Waals surface area contributed by atoms with Crippen molar-refractivity contribution in [2.45, 2.75) is 51.3 Å². The van der Waals surface area contributed by atoms with Crippen LogP contribution in [0.25, 0.3) is 0 Å². The van der Waals surface area contributed by atoms with Gasteiger partial charge >= 0.3 is 6.03 Å². The number of carbonyl (C=O) groups is 1. The van der Waals surface area contributed by atoms with Crippen molar-refractivity contribution in [2.75, 3.05) is 25.1 Å². The predicted octanol–water partition coefficient (Wildman–Crippen LogP) is 3.79. The van der Waals surface area contributed by atoms with Crippen LogP contribution in [-0.2, 0) is 6.42 Å². The lowest BCUT2D eigenvalue weighted by Gasteiger charge is -2.34. The quantitative estimate of drug-likeness (QED) is 0.626. The molecule has 1 aliphatic heterocycles. The first kappa shape index (κ1) is 22.9. The minimum absolute atomic E-state index is 0.0881. The summed E-state index contributed by atoms with van der Waals surface area (Å²) in [5, 5.41) is 15.7. The maximum atomic E-state index is 14.0. The van der Waals surface area contributed by atoms with Gasteiger partial charge in [-0.25, -0.2) is 9.18 Å². The Labute approximate surface area is 183 Å². The van der Waals surface area contributed by atoms with E-state index in [1.54, 1.807) is 13.2 Å². The number of methoxy groups -OCH3 is 1. The zero-order chi connectivity index (χ0) is 22.4. The molecule has 0 spiro atoms. The van der Waals surface area contributed by atoms with E-state index in [0.29, 0.717) is 32.4 Å². The van der Waals surface area contributed by atoms with E-state index >= 15 is 0 Å². The lowest BCUT2D eigenvalue weighted by molar-refractivity contribution is 0.145. The summed E-state index contributed by atoms with van der Waals surface area (Å²) in [7, 11) is 1.63. The second-order valence-electron chi connectivity index (χ2n) is 8.22. The Morgan fingerprint density at radius 3 is 2.65 bits per heavy atom. The SMILES string of the molecule is COc1cccc(CC(C)NC(=O)NC(C)c2cc(F)ccc2N2CCC(O)CC2)c1. The van der Waals surface area contributed by atoms with E-state index in [2.05, 4.69) is 15.5 Å². The van der Waals surface area contributed by atoms with Gasteiger partial charge in [-0.3, -0.25) is 0 Å². The second kappa shape index (κ2) is 10.5. The summed E-state index contributed by atoms with van der Waals surface area (Å²) in [6, 6.07) is 11.7. The number of rotatable bonds is 7. The number of aliphatic hydroxyl groups is 1. The van der Waals surface area contributed by atoms with E-state index in [1.807, 2.05) is 38.1 Å². The van der Waals surface area contributed by atoms with Crippen molar-refractivity contribution in [1.29, 1.82) is 0 Å². The molecule has 168 valence electrons. The Balaban J connectivity index is 1.62. The molecule has 31 heavy (non-hydrogen) atoms. The molecule has 1 saturated heterocycles. The van der Waals surface area contributed by atoms with Crippen LogP contribution in [-0.4, -0.2) is 43.5 Å². The van der Waals surface area contributed by atoms with Gasteiger partial charge in [-0.1, -0.05) is 12.1 Å². The Morgan fingerprint density at radius 1 is 1.19 bits per heavy atom. The van der Waals surface area contributed by atoms with Crippen LogP contribution in [0.4, 0.5) is 14.9 Å². The molecule has 2 unspecified atom stereocenters. The standard InChI is InChI=1S/C24H32FN3O3/c1-16(13-18-5-4-6-21(14-18)31-3)26-24(30)27-17(2)22-15-19(25)7-8-23(22)28-11-9-20(29)10-12-28/h4-8,14-17,20,29H,9-13H2,1-3H3,(H2,26,27,30). The van der Waals surface area contributed by atoms with Crippen LogP contribution in [0.2, 0.25) is 0 Å². The number of aliphatic hydroxyl groups excluding tert-OH is 1. The number of urea groups is 1. The van der Waals surface area contributed by atoms with Gasteiger partial charge in [0.1, 0.15) is 11.6 Å². The molecule has 3 N–H and O–H groups in total. The highest BCUT2D eigenvalue weighted by molar-refractivity contribution is 5.75. The molecule has 2 aromatic carbocycles. The number of benzene rings is 2. The van der Waals surface area contributed by atoms with Crippen LogP contribution >= 0.6 is 0 Å². The van der Waals surface area contributed by atoms with Crippen LogP contribution in [0.1, 0.15) is 43.9 Å². The number of hydrogen-bond donors (Lipinski definition) is 3. The number of piperidine rings is 1. The first-order valence-corrected chi connectivity index (χ1v) is 10.8. The van der Waals surface area contributed by atoms with E-state index in [4.69, 9.17) is 4.74 Å². The van der Waals surface area contributed by atoms with Crippen LogP contribution in [0.15, 0.2) is 42.5 Å². The molecule has 0 saturated carbocycles. The van der Waals surface area contributed by atoms with Crippen LogP contribution in [0.3, 0.4) is 0 Å². The zero-order valence-electron chi connectivity index (χ0n) is 18.4. The maximum absolute atomic E-state index is 14.0. The van der Waals surface area contributed by atoms with Gasteiger partial charge in [0, 0.05) is 30.4 Å². The van der Waals surface area contributed by atoms with Gasteiger partial charge in [0.15, 0.2) is 0 Å². The molecule has 0 aliphatic carbocycles. The molecule has 7 heteroatoms. The highest BCUT2D eigenvalue weighted by atomic mass is 19.1. The molecular formula is C24H32FN3O3. The van der Waals surface area contributed by atoms with Crippen LogP contribution < -0.4 is 20.3 Å². The molecule has 2 amide bonds. The van der Waals surface area contributed by atoms with Crippen molar-refractivity contribution >= 4 is 11.7 Å². The molecule has 1 aliphatic rings. The molecule has 1 heterocycles. The first-order valence-electron chi connectivity index (χ1n) is 10.8. The molecule has 0 radical (unpaired) electrons. The monoisotopic (exact) mass is 429 g/mol. The average molecular weight is 430 g/mol. The number of ether oxygens (including phenoxy) is 1. The van der Waals surface area contributed by atoms with Crippen molar-refractivity contribution in [3.8, 4) is 5.75 Å². The minimum Gasteiger partial charge on any atom is -0.497 e. The molecule has 3 rings (SSSR count). The number of nitrogens with one attached hydrogen (secondary N) is 2. The fourth-order valence-electron chi connectivity index (χ4n) is 4.01. The normalized spacial score (nSPS) is 16.5. The van der Waals surface area contributed by atoms with Crippen LogP contribution in [0, 0.1) is 5.82 Å². The molecule has 0 bridgehead atoms. The Morgan fingerprint density at radius 2 is 1.94 bits per heavy atom. The third-order valence-corrected chi connectivity index (χ3v) is 5.66. The van der Waals surface area contributed by atoms with Gasteiger partial charge in [-0.05, 0) is 69.0 Å². The van der Waals surface area contributed by atoms with Crippen molar-refractivity contribution in [3.05, 3.63) is 59.4 Å². The number of halogens is 1. The fourth-order valence-corrected chi connectivity index (χ4v) is 4.01. The van der Waals surface area contributed by atoms with Crippen molar-refractivity contribution in [3.63, 3.8) is 0 Å². The number of carbonyl (C=O) groups excluding carboxylic acids is 1. The Hall–Kier alpha value is -2.80. The molecule has 0 aromatic heterocycles. The summed E-state index contributed by atoms with van der Waals surface area (Å²) in [5.74, 6) is 0.447. The first-order chi connectivity index (χ1) is 14.9. The number of anilines is 1. The van der Waals surface area contributed by atoms with Crippen molar-refractivity contribution in [1.82, 2.24) is 10.6 Å². The zero-order valence-corrected chi connectivity index (χ0v) is 18.4. The van der Waals surface area contributed by atoms with Crippen molar-refractivity contribution < 1.29 is 19.0 Å². The highest BCUT2D eigenvalue weighted by Crippen LogP contribution is 2.29. The second-order valence-corrected chi connectivity index (χ2v) is 8.22. The van der Waals surface area contributed by atoms with Gasteiger partial charge in [0.25, 0.3) is 0 Å². The summed E-state index contributed by atoms with van der Waals surface area (Å²) in [5.41, 5.74) is 2.69. The third-order valence-electron chi connectivity index (χ3n) is 5.66. The van der Waals surface area contributed by atoms with Gasteiger partial charge in [-0.15, -0.1) is 0 Å². The van der Waals surface area contributed by atoms with E-state index in [-0.39, 0.29) is 30.0 Å². The van der Waals surface area contributed by atoms with E-state index in [0.717, 1.165) is 22.6 Å². The Bertz CT molecular complexity index is 884. The number of amides is 2. The largest absolute Gasteiger partial charge is 0.497 e. The fraction of sp³-hybridized carbons (Fsp3) is 0.458. The van der Waals surface area contributed by atoms with Crippen molar-refractivity contribution in [2.24, 2.45) is 0 Å². The van der Waals surface area contributed by atoms with E-state index < -0.39 is 0 Å². The molecule has 2 aromatic rings. The van der Waals surface area contributed by atoms with E-state index in [1.165, 1.54) is 12.1 Å². The maximum Gasteiger partial charge on any atom is 0.315 e. The smallest absolute Gasteiger partial charge is 0.315 e. The van der Waals surface area contributed by atoms with Gasteiger partial charge in [-0.2, -0.15) is 0 Å². The predicted molar refractivity (Wildman–Crippen MR) is 120 cm³/mol. The summed E-state index contributed by atoms with van der Waals surface area (Å²) >= 11 is 0. The highest BCUT2D eigenvalue weighted by Gasteiger charge is 2.22. The molecular weight excluding hydrogens is 397 g/mol. The lowest BCUT2D eigenvalue weighted by atomic mass is 10.0. The number of hydrogen-bond acceptors (Lipinski definition) is 4. The third kappa shape index (κ3) is 6.34. The summed E-state index contributed by atoms with van der Waals surface area (Å²) in [6.07, 6.45) is 1.75. The Kier molecular flexibility index (Phi) is 7.74. The topological polar surface area (TPSA) is 73.8 Å². The molecule has 1 fully saturated rings. The molecule has 6 nitrogen and oxygen atoms in total. The molecule has 2 atom stereocenters. The summed E-state index contributed by atoms with van der Waals surface area (Å²) in [6.45, 7) is 5.20. The van der Waals surface area contributed by atoms with Gasteiger partial charge < -0.3 is 25.4 Å². The average Bonchev–Trinajstić information content (AvgIpc) is 2.74. The summed E-state index contributed by atoms with van der Waals surface area (Å²) in [4.78, 5) is 14.7. The van der Waals surface area contributed by atoms with Gasteiger partial charge in [0.2, 0.25) is 0 Å². The summed E-state index contributed by atoms with van der Waals surface area (Å²) < 4.78 is 19.2. The lowest BCUT2D eigenvalue weighted by Crippen LogP contribution is -2.43. The minimum atomic E-state index is -0.374. The van der Waals surface area contributed by atoms with Gasteiger partial charge in [0.05, 0.1) is 19.3 Å². The number of nitrogens with zero attached hydrogens (tertiary/aromatic N) is 1.